The van der Waals surface area contributed by atoms with Gasteiger partial charge in [0.05, 0.1) is 8.07 Å². The maximum atomic E-state index is 13.1. The second-order valence-corrected chi connectivity index (χ2v) is 10.4. The first-order valence-corrected chi connectivity index (χ1v) is 10.3. The van der Waals surface area contributed by atoms with Crippen LogP contribution in [0, 0.1) is 0 Å². The average Bonchev–Trinajstić information content (AvgIpc) is 2.38. The molecule has 0 spiro atoms. The Hall–Kier alpha value is -0.963. The zero-order chi connectivity index (χ0) is 14.3. The van der Waals surface area contributed by atoms with Crippen LogP contribution in [0.5, 0.6) is 0 Å². The van der Waals surface area contributed by atoms with Gasteiger partial charge < -0.3 is 0 Å². The summed E-state index contributed by atoms with van der Waals surface area (Å²) in [7, 11) is -1.80. The molecule has 19 heavy (non-hydrogen) atoms. The van der Waals surface area contributed by atoms with Gasteiger partial charge in [-0.15, -0.1) is 0 Å². The summed E-state index contributed by atoms with van der Waals surface area (Å²) in [4.78, 5) is 0. The Bertz CT molecular complexity index is 406. The fourth-order valence-electron chi connectivity index (χ4n) is 2.36. The molecule has 0 aliphatic heterocycles. The lowest BCUT2D eigenvalue weighted by molar-refractivity contribution is 0.406. The van der Waals surface area contributed by atoms with Crippen molar-refractivity contribution < 1.29 is 8.78 Å². The molecule has 3 heteroatoms. The van der Waals surface area contributed by atoms with Crippen LogP contribution in [-0.4, -0.2) is 8.07 Å². The molecule has 0 nitrogen and oxygen atoms in total. The van der Waals surface area contributed by atoms with E-state index in [1.54, 1.807) is 0 Å². The third-order valence-electron chi connectivity index (χ3n) is 3.56. The van der Waals surface area contributed by atoms with Crippen LogP contribution in [0.3, 0.4) is 0 Å². The molecule has 1 rings (SSSR count). The maximum Gasteiger partial charge on any atom is 0.269 e. The zero-order valence-corrected chi connectivity index (χ0v) is 13.2. The van der Waals surface area contributed by atoms with E-state index in [0.717, 1.165) is 19.3 Å². The second-order valence-electron chi connectivity index (χ2n) is 5.75. The molecule has 0 bridgehead atoms. The quantitative estimate of drug-likeness (QED) is 0.468. The van der Waals surface area contributed by atoms with Crippen molar-refractivity contribution >= 4 is 13.3 Å². The SMILES string of the molecule is CCCCCC(C[Si](C)(C)c1ccccc1)=C(F)F. The minimum atomic E-state index is -1.80. The smallest absolute Gasteiger partial charge is 0.173 e. The highest BCUT2D eigenvalue weighted by Gasteiger charge is 2.26. The molecule has 0 atom stereocenters. The lowest BCUT2D eigenvalue weighted by atomic mass is 10.1. The zero-order valence-electron chi connectivity index (χ0n) is 12.2. The fourth-order valence-corrected chi connectivity index (χ4v) is 5.04. The van der Waals surface area contributed by atoms with Crippen LogP contribution < -0.4 is 5.19 Å². The molecule has 0 amide bonds. The third-order valence-corrected chi connectivity index (χ3v) is 6.77. The molecule has 0 aliphatic carbocycles. The summed E-state index contributed by atoms with van der Waals surface area (Å²) in [5.41, 5.74) is 0.383. The van der Waals surface area contributed by atoms with E-state index in [1.165, 1.54) is 5.19 Å². The highest BCUT2D eigenvalue weighted by atomic mass is 28.3. The minimum Gasteiger partial charge on any atom is -0.173 e. The number of hydrogen-bond donors (Lipinski definition) is 0. The summed E-state index contributed by atoms with van der Waals surface area (Å²) in [6.07, 6.45) is 2.08. The molecule has 1 aromatic rings. The number of halogens is 2. The molecule has 106 valence electrons. The van der Waals surface area contributed by atoms with Crippen LogP contribution in [0.2, 0.25) is 19.1 Å². The van der Waals surface area contributed by atoms with Gasteiger partial charge in [0.25, 0.3) is 6.08 Å². The van der Waals surface area contributed by atoms with Crippen molar-refractivity contribution in [2.45, 2.75) is 51.7 Å². The van der Waals surface area contributed by atoms with Gasteiger partial charge in [-0.3, -0.25) is 0 Å². The van der Waals surface area contributed by atoms with E-state index in [0.29, 0.717) is 18.0 Å². The molecule has 0 heterocycles. The van der Waals surface area contributed by atoms with Crippen LogP contribution in [-0.2, 0) is 0 Å². The molecule has 0 aliphatic rings. The van der Waals surface area contributed by atoms with E-state index >= 15 is 0 Å². The first-order valence-electron chi connectivity index (χ1n) is 7.06. The second kappa shape index (κ2) is 7.58. The Kier molecular flexibility index (Phi) is 6.42. The van der Waals surface area contributed by atoms with E-state index < -0.39 is 14.2 Å². The average molecular weight is 282 g/mol. The van der Waals surface area contributed by atoms with Crippen molar-refractivity contribution in [1.29, 1.82) is 0 Å². The van der Waals surface area contributed by atoms with Crippen molar-refractivity contribution in [3.05, 3.63) is 42.0 Å². The Labute approximate surface area is 116 Å². The molecule has 0 radical (unpaired) electrons. The lowest BCUT2D eigenvalue weighted by Gasteiger charge is -2.24. The number of benzene rings is 1. The maximum absolute atomic E-state index is 13.1. The first-order chi connectivity index (χ1) is 8.97. The molecular formula is C16H24F2Si. The van der Waals surface area contributed by atoms with Crippen LogP contribution >= 0.6 is 0 Å². The number of unbranched alkanes of at least 4 members (excludes halogenated alkanes) is 2. The third kappa shape index (κ3) is 5.27. The standard InChI is InChI=1S/C16H24F2Si/c1-4-5-7-10-14(16(17)18)13-19(2,3)15-11-8-6-9-12-15/h6,8-9,11-12H,4-5,7,10,13H2,1-3H3. The van der Waals surface area contributed by atoms with Crippen LogP contribution in [0.25, 0.3) is 0 Å². The van der Waals surface area contributed by atoms with Crippen LogP contribution in [0.4, 0.5) is 8.78 Å². The summed E-state index contributed by atoms with van der Waals surface area (Å²) in [5, 5.41) is 1.25. The monoisotopic (exact) mass is 282 g/mol. The van der Waals surface area contributed by atoms with Crippen molar-refractivity contribution in [2.75, 3.05) is 0 Å². The molecule has 0 unspecified atom stereocenters. The molecule has 0 saturated carbocycles. The van der Waals surface area contributed by atoms with E-state index in [2.05, 4.69) is 32.2 Å². The van der Waals surface area contributed by atoms with Gasteiger partial charge >= 0.3 is 0 Å². The Morgan fingerprint density at radius 1 is 1.05 bits per heavy atom. The van der Waals surface area contributed by atoms with Gasteiger partial charge in [-0.05, 0) is 24.5 Å². The number of hydrogen-bond acceptors (Lipinski definition) is 0. The summed E-state index contributed by atoms with van der Waals surface area (Å²) in [6, 6.07) is 10.7. The van der Waals surface area contributed by atoms with E-state index in [1.807, 2.05) is 18.2 Å². The lowest BCUT2D eigenvalue weighted by Crippen LogP contribution is -2.41. The molecular weight excluding hydrogens is 258 g/mol. The van der Waals surface area contributed by atoms with Gasteiger partial charge in [0.2, 0.25) is 0 Å². The van der Waals surface area contributed by atoms with E-state index in [-0.39, 0.29) is 0 Å². The van der Waals surface area contributed by atoms with Crippen molar-refractivity contribution in [3.8, 4) is 0 Å². The van der Waals surface area contributed by atoms with Gasteiger partial charge in [-0.25, -0.2) is 0 Å². The Morgan fingerprint density at radius 2 is 1.68 bits per heavy atom. The summed E-state index contributed by atoms with van der Waals surface area (Å²) < 4.78 is 26.1. The Morgan fingerprint density at radius 3 is 2.21 bits per heavy atom. The molecule has 1 aromatic carbocycles. The molecule has 0 N–H and O–H groups in total. The van der Waals surface area contributed by atoms with Crippen LogP contribution in [0.1, 0.15) is 32.6 Å². The van der Waals surface area contributed by atoms with Gasteiger partial charge in [-0.1, -0.05) is 68.4 Å². The topological polar surface area (TPSA) is 0 Å². The number of rotatable bonds is 7. The Balaban J connectivity index is 2.76. The normalized spacial score (nSPS) is 11.4. The highest BCUT2D eigenvalue weighted by Crippen LogP contribution is 2.25. The largest absolute Gasteiger partial charge is 0.269 e. The van der Waals surface area contributed by atoms with Gasteiger partial charge in [-0.2, -0.15) is 8.78 Å². The van der Waals surface area contributed by atoms with Crippen molar-refractivity contribution in [3.63, 3.8) is 0 Å². The predicted octanol–water partition coefficient (Wildman–Crippen LogP) is 5.33. The van der Waals surface area contributed by atoms with Gasteiger partial charge in [0, 0.05) is 0 Å². The number of allylic oxidation sites excluding steroid dienone is 1. The molecule has 0 fully saturated rings. The predicted molar refractivity (Wildman–Crippen MR) is 81.7 cm³/mol. The van der Waals surface area contributed by atoms with Gasteiger partial charge in [0.15, 0.2) is 0 Å². The minimum absolute atomic E-state index is 0.383. The first kappa shape index (κ1) is 16.1. The summed E-state index contributed by atoms with van der Waals surface area (Å²) in [6.45, 7) is 6.44. The molecule has 0 saturated heterocycles. The van der Waals surface area contributed by atoms with Crippen molar-refractivity contribution in [2.24, 2.45) is 0 Å². The summed E-state index contributed by atoms with van der Waals surface area (Å²) in [5.74, 6) is 0. The van der Waals surface area contributed by atoms with Gasteiger partial charge in [0.1, 0.15) is 0 Å². The molecule has 0 aromatic heterocycles. The summed E-state index contributed by atoms with van der Waals surface area (Å²) >= 11 is 0. The van der Waals surface area contributed by atoms with E-state index in [9.17, 15) is 8.78 Å². The van der Waals surface area contributed by atoms with E-state index in [4.69, 9.17) is 0 Å². The fraction of sp³-hybridized carbons (Fsp3) is 0.500. The van der Waals surface area contributed by atoms with Crippen LogP contribution in [0.15, 0.2) is 42.0 Å². The highest BCUT2D eigenvalue weighted by molar-refractivity contribution is 6.90. The van der Waals surface area contributed by atoms with Crippen molar-refractivity contribution in [1.82, 2.24) is 0 Å².